The maximum absolute atomic E-state index is 3.59. The molecule has 2 aromatic carbocycles. The quantitative estimate of drug-likeness (QED) is 0.538. The van der Waals surface area contributed by atoms with E-state index in [1.807, 2.05) is 13.8 Å². The number of benzene rings is 2. The minimum absolute atomic E-state index is 1.02. The summed E-state index contributed by atoms with van der Waals surface area (Å²) in [7, 11) is 0. The molecule has 2 rings (SSSR count). The van der Waals surface area contributed by atoms with Crippen LogP contribution in [0.2, 0.25) is 0 Å². The molecule has 0 N–H and O–H groups in total. The average molecular weight is 463 g/mol. The molecule has 0 atom stereocenters. The third-order valence-electron chi connectivity index (χ3n) is 4.19. The standard InChI is InChI=1S/C19H21.C2H6.W/c1-13-6-8-18(9-7-13)10-11-19-12-14(2)15(3)16(4)17(19)5;1-2;/h6-9H,11H2,1-5H3;1-2H3;/q-1;;. The van der Waals surface area contributed by atoms with Crippen molar-refractivity contribution in [3.8, 4) is 0 Å². The molecule has 0 heterocycles. The van der Waals surface area contributed by atoms with Crippen molar-refractivity contribution in [3.63, 3.8) is 0 Å². The van der Waals surface area contributed by atoms with Gasteiger partial charge in [-0.1, -0.05) is 13.8 Å². The summed E-state index contributed by atoms with van der Waals surface area (Å²) in [4.78, 5) is 0. The van der Waals surface area contributed by atoms with Crippen LogP contribution >= 0.6 is 0 Å². The summed E-state index contributed by atoms with van der Waals surface area (Å²) in [5.41, 5.74) is 9.54. The topological polar surface area (TPSA) is 0 Å². The molecule has 0 unspecified atom stereocenters. The van der Waals surface area contributed by atoms with Crippen molar-refractivity contribution >= 4 is 3.90 Å². The van der Waals surface area contributed by atoms with Gasteiger partial charge in [-0.05, 0) is 0 Å². The van der Waals surface area contributed by atoms with Crippen LogP contribution in [0, 0.1) is 40.7 Å². The van der Waals surface area contributed by atoms with Gasteiger partial charge in [0.2, 0.25) is 0 Å². The van der Waals surface area contributed by atoms with Crippen LogP contribution in [0.15, 0.2) is 24.3 Å². The summed E-state index contributed by atoms with van der Waals surface area (Å²) in [5, 5.41) is 0. The first-order valence-electron chi connectivity index (χ1n) is 7.98. The number of hydrogen-bond donors (Lipinski definition) is 0. The molecule has 0 aliphatic heterocycles. The zero-order chi connectivity index (χ0) is 16.9. The fourth-order valence-electron chi connectivity index (χ4n) is 2.38. The van der Waals surface area contributed by atoms with Gasteiger partial charge in [-0.3, -0.25) is 0 Å². The molecule has 0 saturated heterocycles. The molecule has 0 aliphatic carbocycles. The van der Waals surface area contributed by atoms with E-state index >= 15 is 0 Å². The molecule has 0 saturated carbocycles. The second kappa shape index (κ2) is 8.58. The van der Waals surface area contributed by atoms with Gasteiger partial charge in [0.1, 0.15) is 0 Å². The Labute approximate surface area is 147 Å². The van der Waals surface area contributed by atoms with E-state index in [0.717, 1.165) is 6.42 Å². The second-order valence-corrected chi connectivity index (χ2v) is 7.34. The van der Waals surface area contributed by atoms with E-state index < -0.39 is 0 Å². The van der Waals surface area contributed by atoms with Gasteiger partial charge in [-0.25, -0.2) is 0 Å². The van der Waals surface area contributed by atoms with Gasteiger partial charge in [0.25, 0.3) is 0 Å². The molecule has 1 heteroatoms. The molecule has 0 spiro atoms. The van der Waals surface area contributed by atoms with Gasteiger partial charge >= 0.3 is 134 Å². The molecule has 22 heavy (non-hydrogen) atoms. The van der Waals surface area contributed by atoms with E-state index in [-0.39, 0.29) is 0 Å². The zero-order valence-corrected chi connectivity index (χ0v) is 17.9. The molecular weight excluding hydrogens is 436 g/mol. The van der Waals surface area contributed by atoms with Crippen LogP contribution in [-0.4, -0.2) is 3.90 Å². The van der Waals surface area contributed by atoms with Crippen molar-refractivity contribution in [1.82, 2.24) is 0 Å². The van der Waals surface area contributed by atoms with E-state index in [2.05, 4.69) is 65.0 Å². The Hall–Kier alpha value is -1.00. The molecule has 0 aliphatic rings. The summed E-state index contributed by atoms with van der Waals surface area (Å²) < 4.78 is 1.49. The maximum atomic E-state index is 3.59. The Morgan fingerprint density at radius 2 is 1.41 bits per heavy atom. The SMILES string of the molecule is CC.Cc1ccc([C](=[W])Cc2[c-]c(C)c(C)c(C)c2C)cc1. The van der Waals surface area contributed by atoms with Gasteiger partial charge in [-0.15, -0.1) is 0 Å². The molecule has 0 radical (unpaired) electrons. The van der Waals surface area contributed by atoms with Crippen LogP contribution in [0.1, 0.15) is 52.8 Å². The molecule has 0 aromatic heterocycles. The van der Waals surface area contributed by atoms with E-state index in [4.69, 9.17) is 0 Å². The molecular formula is C21H27W-. The fourth-order valence-corrected chi connectivity index (χ4v) is 3.39. The molecule has 0 bridgehead atoms. The van der Waals surface area contributed by atoms with E-state index in [1.165, 1.54) is 42.8 Å². The van der Waals surface area contributed by atoms with Crippen LogP contribution < -0.4 is 0 Å². The van der Waals surface area contributed by atoms with Crippen LogP contribution in [0.3, 0.4) is 0 Å². The van der Waals surface area contributed by atoms with Crippen molar-refractivity contribution in [3.05, 3.63) is 69.3 Å². The second-order valence-electron chi connectivity index (χ2n) is 5.57. The van der Waals surface area contributed by atoms with E-state index in [1.54, 1.807) is 19.4 Å². The number of hydrogen-bond acceptors (Lipinski definition) is 0. The van der Waals surface area contributed by atoms with Crippen LogP contribution in [0.5, 0.6) is 0 Å². The normalized spacial score (nSPS) is 9.95. The summed E-state index contributed by atoms with van der Waals surface area (Å²) in [5.74, 6) is 0. The van der Waals surface area contributed by atoms with E-state index in [0.29, 0.717) is 0 Å². The first-order valence-corrected chi connectivity index (χ1v) is 9.45. The van der Waals surface area contributed by atoms with Crippen LogP contribution in [-0.2, 0) is 25.8 Å². The van der Waals surface area contributed by atoms with Crippen LogP contribution in [0.25, 0.3) is 0 Å². The Balaban J connectivity index is 0.00000116. The Morgan fingerprint density at radius 3 is 1.95 bits per heavy atom. The first kappa shape index (κ1) is 19.0. The Kier molecular flexibility index (Phi) is 7.43. The first-order chi connectivity index (χ1) is 10.4. The fraction of sp³-hybridized carbons (Fsp3) is 0.381. The van der Waals surface area contributed by atoms with Gasteiger partial charge in [0, 0.05) is 0 Å². The Bertz CT molecular complexity index is 649. The zero-order valence-electron chi connectivity index (χ0n) is 14.9. The summed E-state index contributed by atoms with van der Waals surface area (Å²) >= 11 is 1.55. The third-order valence-corrected chi connectivity index (χ3v) is 5.55. The summed E-state index contributed by atoms with van der Waals surface area (Å²) in [6.45, 7) is 14.9. The average Bonchev–Trinajstić information content (AvgIpc) is 2.53. The molecule has 0 nitrogen and oxygen atoms in total. The predicted octanol–water partition coefficient (Wildman–Crippen LogP) is 5.37. The molecule has 0 fully saturated rings. The minimum atomic E-state index is 1.02. The van der Waals surface area contributed by atoms with Gasteiger partial charge in [0.05, 0.1) is 0 Å². The van der Waals surface area contributed by atoms with Gasteiger partial charge < -0.3 is 0 Å². The summed E-state index contributed by atoms with van der Waals surface area (Å²) in [6, 6.07) is 12.5. The van der Waals surface area contributed by atoms with Gasteiger partial charge in [0.15, 0.2) is 0 Å². The molecule has 0 amide bonds. The van der Waals surface area contributed by atoms with Crippen molar-refractivity contribution < 1.29 is 19.4 Å². The van der Waals surface area contributed by atoms with Crippen molar-refractivity contribution in [2.45, 2.75) is 54.9 Å². The van der Waals surface area contributed by atoms with Crippen molar-refractivity contribution in [1.29, 1.82) is 0 Å². The predicted molar refractivity (Wildman–Crippen MR) is 94.6 cm³/mol. The van der Waals surface area contributed by atoms with Crippen molar-refractivity contribution in [2.24, 2.45) is 0 Å². The Morgan fingerprint density at radius 1 is 0.864 bits per heavy atom. The van der Waals surface area contributed by atoms with Crippen LogP contribution in [0.4, 0.5) is 0 Å². The van der Waals surface area contributed by atoms with Gasteiger partial charge in [-0.2, -0.15) is 0 Å². The monoisotopic (exact) mass is 463 g/mol. The van der Waals surface area contributed by atoms with Crippen molar-refractivity contribution in [2.75, 3.05) is 0 Å². The molecule has 2 aromatic rings. The molecule has 118 valence electrons. The van der Waals surface area contributed by atoms with E-state index in [9.17, 15) is 0 Å². The number of rotatable bonds is 3. The number of aryl methyl sites for hydroxylation is 2. The summed E-state index contributed by atoms with van der Waals surface area (Å²) in [6.07, 6.45) is 1.02. The third kappa shape index (κ3) is 4.50.